The van der Waals surface area contributed by atoms with E-state index >= 15 is 0 Å². The van der Waals surface area contributed by atoms with Crippen molar-refractivity contribution in [3.05, 3.63) is 60.8 Å². The Kier molecular flexibility index (Phi) is 53.7. The van der Waals surface area contributed by atoms with Crippen molar-refractivity contribution in [2.24, 2.45) is 0 Å². The van der Waals surface area contributed by atoms with Crippen molar-refractivity contribution >= 4 is 19.8 Å². The van der Waals surface area contributed by atoms with Gasteiger partial charge < -0.3 is 18.9 Å². The Morgan fingerprint density at radius 3 is 1.15 bits per heavy atom. The van der Waals surface area contributed by atoms with Gasteiger partial charge >= 0.3 is 19.8 Å². The van der Waals surface area contributed by atoms with Gasteiger partial charge in [-0.3, -0.25) is 18.6 Å². The molecule has 0 saturated carbocycles. The summed E-state index contributed by atoms with van der Waals surface area (Å²) in [4.78, 5) is 35.8. The van der Waals surface area contributed by atoms with Crippen LogP contribution in [0.4, 0.5) is 0 Å². The maximum atomic E-state index is 12.8. The van der Waals surface area contributed by atoms with Crippen molar-refractivity contribution in [1.29, 1.82) is 0 Å². The SMILES string of the molecule is CC/C=C\C/C=C\C/C=C\C/C=C\C/C=C\CCCCCCCCCCCC(=O)OC(COC(=O)CCCCCCCCCCCCCCCCCCCCCCCCCCC)COP(=O)(O)OCC[N+](C)(C)C. The standard InChI is InChI=1S/C64H118NO8P/c1-6-8-10-12-14-16-18-20-22-24-26-28-30-32-34-36-38-40-42-44-46-48-50-52-54-56-63(66)70-60-62(61-72-74(68,69)71-59-58-65(3,4)5)73-64(67)57-55-53-51-49-47-45-43-41-39-37-35-33-31-29-27-25-23-21-19-17-15-13-11-9-7-2/h9,11,15,17,21,23,27,29,33,35,62H,6-8,10,12-14,16,18-20,22,24-26,28,30-32,34,36-61H2,1-5H3/p+1/b11-9-,17-15-,23-21-,29-27-,35-33-. The van der Waals surface area contributed by atoms with Crippen LogP contribution in [0.15, 0.2) is 60.8 Å². The zero-order valence-electron chi connectivity index (χ0n) is 49.1. The third-order valence-electron chi connectivity index (χ3n) is 13.6. The smallest absolute Gasteiger partial charge is 0.462 e. The molecule has 2 unspecified atom stereocenters. The molecule has 0 aliphatic heterocycles. The first-order chi connectivity index (χ1) is 36.0. The second-order valence-electron chi connectivity index (χ2n) is 22.1. The molecule has 10 heteroatoms. The molecule has 432 valence electrons. The van der Waals surface area contributed by atoms with Crippen LogP contribution in [0.1, 0.15) is 284 Å². The topological polar surface area (TPSA) is 108 Å². The van der Waals surface area contributed by atoms with E-state index in [1.807, 2.05) is 21.1 Å². The highest BCUT2D eigenvalue weighted by Gasteiger charge is 2.27. The number of likely N-dealkylation sites (N-methyl/N-ethyl adjacent to an activating group) is 1. The number of hydrogen-bond donors (Lipinski definition) is 1. The summed E-state index contributed by atoms with van der Waals surface area (Å²) in [5.41, 5.74) is 0. The molecule has 0 aliphatic carbocycles. The molecule has 0 radical (unpaired) electrons. The molecule has 0 aliphatic rings. The van der Waals surface area contributed by atoms with Crippen molar-refractivity contribution in [2.45, 2.75) is 290 Å². The lowest BCUT2D eigenvalue weighted by molar-refractivity contribution is -0.870. The summed E-state index contributed by atoms with van der Waals surface area (Å²) in [6, 6.07) is 0. The third-order valence-corrected chi connectivity index (χ3v) is 14.5. The Morgan fingerprint density at radius 1 is 0.432 bits per heavy atom. The van der Waals surface area contributed by atoms with Crippen molar-refractivity contribution in [3.8, 4) is 0 Å². The van der Waals surface area contributed by atoms with Gasteiger partial charge in [0, 0.05) is 12.8 Å². The predicted octanol–water partition coefficient (Wildman–Crippen LogP) is 19.5. The molecule has 0 aromatic carbocycles. The Labute approximate surface area is 457 Å². The van der Waals surface area contributed by atoms with Crippen LogP contribution in [0.3, 0.4) is 0 Å². The number of phosphoric ester groups is 1. The average Bonchev–Trinajstić information content (AvgIpc) is 3.36. The van der Waals surface area contributed by atoms with Gasteiger partial charge in [0.05, 0.1) is 27.7 Å². The third kappa shape index (κ3) is 59.0. The zero-order valence-corrected chi connectivity index (χ0v) is 50.0. The van der Waals surface area contributed by atoms with E-state index in [4.69, 9.17) is 18.5 Å². The lowest BCUT2D eigenvalue weighted by Crippen LogP contribution is -2.37. The van der Waals surface area contributed by atoms with Crippen molar-refractivity contribution in [2.75, 3.05) is 47.5 Å². The Morgan fingerprint density at radius 2 is 0.770 bits per heavy atom. The summed E-state index contributed by atoms with van der Waals surface area (Å²) in [6.07, 6.45) is 71.5. The van der Waals surface area contributed by atoms with E-state index in [-0.39, 0.29) is 25.6 Å². The zero-order chi connectivity index (χ0) is 54.2. The Bertz CT molecular complexity index is 1430. The molecule has 0 saturated heterocycles. The number of hydrogen-bond acceptors (Lipinski definition) is 7. The molecule has 0 aromatic rings. The first-order valence-corrected chi connectivity index (χ1v) is 32.5. The molecule has 0 amide bonds. The minimum absolute atomic E-state index is 0.0299. The van der Waals surface area contributed by atoms with Gasteiger partial charge in [0.1, 0.15) is 19.8 Å². The summed E-state index contributed by atoms with van der Waals surface area (Å²) >= 11 is 0. The highest BCUT2D eigenvalue weighted by atomic mass is 31.2. The molecule has 0 rings (SSSR count). The molecule has 1 N–H and O–H groups in total. The second kappa shape index (κ2) is 55.5. The van der Waals surface area contributed by atoms with E-state index in [1.54, 1.807) is 0 Å². The van der Waals surface area contributed by atoms with E-state index in [1.165, 1.54) is 173 Å². The number of ether oxygens (including phenoxy) is 2. The van der Waals surface area contributed by atoms with Crippen molar-refractivity contribution < 1.29 is 42.1 Å². The van der Waals surface area contributed by atoms with Crippen LogP contribution in [0.2, 0.25) is 0 Å². The van der Waals surface area contributed by atoms with Gasteiger partial charge in [-0.2, -0.15) is 0 Å². The minimum Gasteiger partial charge on any atom is -0.462 e. The highest BCUT2D eigenvalue weighted by molar-refractivity contribution is 7.47. The molecule has 0 spiro atoms. The Hall–Kier alpha value is -2.29. The molecular formula is C64H119NO8P+. The van der Waals surface area contributed by atoms with Gasteiger partial charge in [-0.05, 0) is 57.8 Å². The summed E-state index contributed by atoms with van der Waals surface area (Å²) in [5.74, 6) is -0.794. The van der Waals surface area contributed by atoms with Crippen LogP contribution >= 0.6 is 7.82 Å². The van der Waals surface area contributed by atoms with E-state index in [0.717, 1.165) is 77.0 Å². The molecule has 0 aromatic heterocycles. The fraction of sp³-hybridized carbons (Fsp3) is 0.812. The van der Waals surface area contributed by atoms with Gasteiger partial charge in [0.15, 0.2) is 6.10 Å². The molecular weight excluding hydrogens is 942 g/mol. The van der Waals surface area contributed by atoms with E-state index < -0.39 is 26.5 Å². The van der Waals surface area contributed by atoms with Crippen LogP contribution in [-0.2, 0) is 32.7 Å². The number of allylic oxidation sites excluding steroid dienone is 10. The van der Waals surface area contributed by atoms with E-state index in [0.29, 0.717) is 23.9 Å². The van der Waals surface area contributed by atoms with Gasteiger partial charge in [-0.15, -0.1) is 0 Å². The lowest BCUT2D eigenvalue weighted by atomic mass is 10.0. The number of esters is 2. The van der Waals surface area contributed by atoms with Gasteiger partial charge in [-0.1, -0.05) is 274 Å². The molecule has 0 bridgehead atoms. The van der Waals surface area contributed by atoms with Gasteiger partial charge in [0.2, 0.25) is 0 Å². The molecule has 9 nitrogen and oxygen atoms in total. The number of rotatable bonds is 57. The predicted molar refractivity (Wildman–Crippen MR) is 316 cm³/mol. The number of unbranched alkanes of at least 4 members (excludes halogenated alkanes) is 33. The summed E-state index contributed by atoms with van der Waals surface area (Å²) < 4.78 is 34.6. The second-order valence-corrected chi connectivity index (χ2v) is 23.5. The minimum atomic E-state index is -4.39. The van der Waals surface area contributed by atoms with Crippen LogP contribution in [0.25, 0.3) is 0 Å². The molecule has 0 heterocycles. The Balaban J connectivity index is 4.12. The van der Waals surface area contributed by atoms with Crippen LogP contribution < -0.4 is 0 Å². The highest BCUT2D eigenvalue weighted by Crippen LogP contribution is 2.43. The van der Waals surface area contributed by atoms with Gasteiger partial charge in [0.25, 0.3) is 0 Å². The first-order valence-electron chi connectivity index (χ1n) is 31.0. The normalized spacial score (nSPS) is 13.6. The largest absolute Gasteiger partial charge is 0.472 e. The number of quaternary nitrogens is 1. The fourth-order valence-corrected chi connectivity index (χ4v) is 9.55. The number of phosphoric acid groups is 1. The summed E-state index contributed by atoms with van der Waals surface area (Å²) in [5, 5.41) is 0. The molecule has 0 fully saturated rings. The van der Waals surface area contributed by atoms with Crippen LogP contribution in [-0.4, -0.2) is 74.9 Å². The number of nitrogens with zero attached hydrogens (tertiary/aromatic N) is 1. The maximum absolute atomic E-state index is 12.8. The summed E-state index contributed by atoms with van der Waals surface area (Å²) in [6.45, 7) is 4.35. The molecule has 74 heavy (non-hydrogen) atoms. The lowest BCUT2D eigenvalue weighted by Gasteiger charge is -2.24. The number of carbonyl (C=O) groups excluding carboxylic acids is 2. The van der Waals surface area contributed by atoms with Crippen LogP contribution in [0.5, 0.6) is 0 Å². The first kappa shape index (κ1) is 71.7. The number of carbonyl (C=O) groups is 2. The van der Waals surface area contributed by atoms with E-state index in [2.05, 4.69) is 74.6 Å². The average molecular weight is 1060 g/mol. The van der Waals surface area contributed by atoms with E-state index in [9.17, 15) is 19.0 Å². The van der Waals surface area contributed by atoms with Crippen LogP contribution in [0, 0.1) is 0 Å². The molecule has 2 atom stereocenters. The maximum Gasteiger partial charge on any atom is 0.472 e. The van der Waals surface area contributed by atoms with Crippen molar-refractivity contribution in [3.63, 3.8) is 0 Å². The quantitative estimate of drug-likeness (QED) is 0.0211. The van der Waals surface area contributed by atoms with Gasteiger partial charge in [-0.25, -0.2) is 4.57 Å². The fourth-order valence-electron chi connectivity index (χ4n) is 8.81. The monoisotopic (exact) mass is 1060 g/mol. The summed E-state index contributed by atoms with van der Waals surface area (Å²) in [7, 11) is 1.48. The van der Waals surface area contributed by atoms with Crippen molar-refractivity contribution in [1.82, 2.24) is 0 Å².